The number of nitrogens with zero attached hydrogens (tertiary/aromatic N) is 1. The summed E-state index contributed by atoms with van der Waals surface area (Å²) in [4.78, 5) is 13.7. The van der Waals surface area contributed by atoms with E-state index < -0.39 is 5.60 Å². The molecule has 1 heterocycles. The molecule has 4 heteroatoms. The van der Waals surface area contributed by atoms with E-state index in [-0.39, 0.29) is 6.09 Å². The molecule has 1 aliphatic rings. The number of nitrogens with one attached hydrogen (secondary N) is 1. The van der Waals surface area contributed by atoms with Gasteiger partial charge in [0.2, 0.25) is 0 Å². The maximum Gasteiger partial charge on any atom is 0.410 e. The van der Waals surface area contributed by atoms with Crippen LogP contribution >= 0.6 is 0 Å². The van der Waals surface area contributed by atoms with Gasteiger partial charge >= 0.3 is 6.09 Å². The van der Waals surface area contributed by atoms with Gasteiger partial charge in [-0.3, -0.25) is 0 Å². The summed E-state index contributed by atoms with van der Waals surface area (Å²) in [6.45, 7) is 11.0. The summed E-state index contributed by atoms with van der Waals surface area (Å²) in [5.74, 6) is 0. The zero-order valence-electron chi connectivity index (χ0n) is 11.4. The second-order valence-electron chi connectivity index (χ2n) is 5.33. The van der Waals surface area contributed by atoms with Crippen molar-refractivity contribution in [3.05, 3.63) is 11.6 Å². The van der Waals surface area contributed by atoms with Crippen molar-refractivity contribution in [1.29, 1.82) is 0 Å². The van der Waals surface area contributed by atoms with Crippen molar-refractivity contribution in [2.75, 3.05) is 26.2 Å². The number of likely N-dealkylation sites (N-methyl/N-ethyl adjacent to an activating group) is 1. The number of hydrogen-bond donors (Lipinski definition) is 1. The van der Waals surface area contributed by atoms with Gasteiger partial charge in [-0.25, -0.2) is 4.79 Å². The second kappa shape index (κ2) is 6.05. The fourth-order valence-corrected chi connectivity index (χ4v) is 1.71. The van der Waals surface area contributed by atoms with E-state index in [1.807, 2.05) is 20.8 Å². The predicted molar refractivity (Wildman–Crippen MR) is 69.1 cm³/mol. The van der Waals surface area contributed by atoms with E-state index in [4.69, 9.17) is 4.74 Å². The zero-order valence-corrected chi connectivity index (χ0v) is 11.4. The van der Waals surface area contributed by atoms with Crippen LogP contribution in [0.1, 0.15) is 34.1 Å². The van der Waals surface area contributed by atoms with Gasteiger partial charge in [-0.2, -0.15) is 0 Å². The summed E-state index contributed by atoms with van der Waals surface area (Å²) < 4.78 is 5.37. The normalized spacial score (nSPS) is 16.7. The van der Waals surface area contributed by atoms with Crippen LogP contribution in [0.2, 0.25) is 0 Å². The Morgan fingerprint density at radius 1 is 1.53 bits per heavy atom. The van der Waals surface area contributed by atoms with Crippen molar-refractivity contribution >= 4 is 6.09 Å². The summed E-state index contributed by atoms with van der Waals surface area (Å²) >= 11 is 0. The van der Waals surface area contributed by atoms with Crippen molar-refractivity contribution in [1.82, 2.24) is 10.2 Å². The number of carbonyl (C=O) groups excluding carboxylic acids is 1. The highest BCUT2D eigenvalue weighted by atomic mass is 16.6. The van der Waals surface area contributed by atoms with Crippen LogP contribution in [0, 0.1) is 0 Å². The SMILES string of the molecule is CCNCC1=CCCN(C(=O)OC(C)(C)C)C1. The molecule has 1 rings (SSSR count). The van der Waals surface area contributed by atoms with E-state index in [0.29, 0.717) is 6.54 Å². The average Bonchev–Trinajstić information content (AvgIpc) is 2.24. The number of carbonyl (C=O) groups is 1. The summed E-state index contributed by atoms with van der Waals surface area (Å²) in [5.41, 5.74) is 0.851. The van der Waals surface area contributed by atoms with Crippen LogP contribution in [0.25, 0.3) is 0 Å². The molecular formula is C13H24N2O2. The lowest BCUT2D eigenvalue weighted by Crippen LogP contribution is -2.41. The predicted octanol–water partition coefficient (Wildman–Crippen LogP) is 2.16. The Bertz CT molecular complexity index is 292. The van der Waals surface area contributed by atoms with Crippen molar-refractivity contribution in [2.24, 2.45) is 0 Å². The highest BCUT2D eigenvalue weighted by Gasteiger charge is 2.23. The molecule has 0 aromatic carbocycles. The van der Waals surface area contributed by atoms with Gasteiger partial charge in [-0.1, -0.05) is 13.0 Å². The molecule has 4 nitrogen and oxygen atoms in total. The van der Waals surface area contributed by atoms with E-state index in [9.17, 15) is 4.79 Å². The minimum Gasteiger partial charge on any atom is -0.444 e. The van der Waals surface area contributed by atoms with Crippen molar-refractivity contribution in [3.8, 4) is 0 Å². The molecule has 0 aromatic rings. The molecular weight excluding hydrogens is 216 g/mol. The lowest BCUT2D eigenvalue weighted by molar-refractivity contribution is 0.0261. The van der Waals surface area contributed by atoms with E-state index in [2.05, 4.69) is 18.3 Å². The van der Waals surface area contributed by atoms with E-state index in [1.165, 1.54) is 5.57 Å². The number of ether oxygens (including phenoxy) is 1. The quantitative estimate of drug-likeness (QED) is 0.769. The van der Waals surface area contributed by atoms with Crippen molar-refractivity contribution < 1.29 is 9.53 Å². The van der Waals surface area contributed by atoms with Crippen molar-refractivity contribution in [3.63, 3.8) is 0 Å². The standard InChI is InChI=1S/C13H24N2O2/c1-5-14-9-11-7-6-8-15(10-11)12(16)17-13(2,3)4/h7,14H,5-6,8-10H2,1-4H3. The molecule has 1 N–H and O–H groups in total. The first-order valence-corrected chi connectivity index (χ1v) is 6.29. The Hall–Kier alpha value is -1.03. The molecule has 0 aromatic heterocycles. The molecule has 0 aliphatic carbocycles. The minimum absolute atomic E-state index is 0.209. The first-order chi connectivity index (χ1) is 7.92. The third kappa shape index (κ3) is 5.22. The molecule has 0 saturated heterocycles. The van der Waals surface area contributed by atoms with Gasteiger partial charge < -0.3 is 15.0 Å². The molecule has 0 fully saturated rings. The Morgan fingerprint density at radius 3 is 2.82 bits per heavy atom. The molecule has 0 unspecified atom stereocenters. The lowest BCUT2D eigenvalue weighted by Gasteiger charge is -2.30. The number of hydrogen-bond acceptors (Lipinski definition) is 3. The van der Waals surface area contributed by atoms with Crippen LogP contribution in [0.4, 0.5) is 4.79 Å². The highest BCUT2D eigenvalue weighted by molar-refractivity contribution is 5.68. The Morgan fingerprint density at radius 2 is 2.24 bits per heavy atom. The molecule has 17 heavy (non-hydrogen) atoms. The van der Waals surface area contributed by atoms with Gasteiger partial charge in [0.15, 0.2) is 0 Å². The van der Waals surface area contributed by atoms with Gasteiger partial charge in [0.25, 0.3) is 0 Å². The molecule has 0 atom stereocenters. The Kier molecular flexibility index (Phi) is 5.00. The monoisotopic (exact) mass is 240 g/mol. The summed E-state index contributed by atoms with van der Waals surface area (Å²) in [5, 5.41) is 3.28. The first kappa shape index (κ1) is 14.0. The molecule has 1 amide bonds. The van der Waals surface area contributed by atoms with Crippen molar-refractivity contribution in [2.45, 2.75) is 39.7 Å². The topological polar surface area (TPSA) is 41.6 Å². The number of amides is 1. The van der Waals surface area contributed by atoms with Crippen LogP contribution in [0.3, 0.4) is 0 Å². The van der Waals surface area contributed by atoms with E-state index >= 15 is 0 Å². The van der Waals surface area contributed by atoms with E-state index in [0.717, 1.165) is 26.1 Å². The van der Waals surface area contributed by atoms with Gasteiger partial charge in [0.05, 0.1) is 0 Å². The van der Waals surface area contributed by atoms with Gasteiger partial charge in [-0.15, -0.1) is 0 Å². The molecule has 0 spiro atoms. The van der Waals surface area contributed by atoms with Gasteiger partial charge in [0.1, 0.15) is 5.60 Å². The number of rotatable bonds is 3. The summed E-state index contributed by atoms with van der Waals surface area (Å²) in [7, 11) is 0. The fraction of sp³-hybridized carbons (Fsp3) is 0.769. The van der Waals surface area contributed by atoms with Crippen LogP contribution in [0.15, 0.2) is 11.6 Å². The zero-order chi connectivity index (χ0) is 12.9. The Labute approximate surface area is 104 Å². The van der Waals surface area contributed by atoms with Gasteiger partial charge in [-0.05, 0) is 39.3 Å². The summed E-state index contributed by atoms with van der Waals surface area (Å²) in [6, 6.07) is 0. The summed E-state index contributed by atoms with van der Waals surface area (Å²) in [6.07, 6.45) is 2.92. The molecule has 0 radical (unpaired) electrons. The van der Waals surface area contributed by atoms with Crippen LogP contribution < -0.4 is 5.32 Å². The smallest absolute Gasteiger partial charge is 0.410 e. The minimum atomic E-state index is -0.417. The molecule has 0 bridgehead atoms. The maximum atomic E-state index is 11.9. The van der Waals surface area contributed by atoms with E-state index in [1.54, 1.807) is 4.90 Å². The molecule has 98 valence electrons. The first-order valence-electron chi connectivity index (χ1n) is 6.29. The Balaban J connectivity index is 2.46. The fourth-order valence-electron chi connectivity index (χ4n) is 1.71. The highest BCUT2D eigenvalue weighted by Crippen LogP contribution is 2.14. The largest absolute Gasteiger partial charge is 0.444 e. The van der Waals surface area contributed by atoms with Gasteiger partial charge in [0, 0.05) is 19.6 Å². The third-order valence-corrected chi connectivity index (χ3v) is 2.48. The second-order valence-corrected chi connectivity index (χ2v) is 5.33. The molecule has 0 saturated carbocycles. The third-order valence-electron chi connectivity index (χ3n) is 2.48. The average molecular weight is 240 g/mol. The molecule has 1 aliphatic heterocycles. The maximum absolute atomic E-state index is 11.9. The lowest BCUT2D eigenvalue weighted by atomic mass is 10.1. The van der Waals surface area contributed by atoms with Crippen LogP contribution in [-0.2, 0) is 4.74 Å². The van der Waals surface area contributed by atoms with Crippen LogP contribution in [0.5, 0.6) is 0 Å². The van der Waals surface area contributed by atoms with Crippen LogP contribution in [-0.4, -0.2) is 42.8 Å².